The Bertz CT molecular complexity index is 1450. The van der Waals surface area contributed by atoms with Crippen molar-refractivity contribution in [1.82, 2.24) is 10.2 Å². The first-order chi connectivity index (χ1) is 18.7. The zero-order valence-corrected chi connectivity index (χ0v) is 25.1. The molecule has 0 aliphatic rings. The van der Waals surface area contributed by atoms with E-state index >= 15 is 0 Å². The largest absolute Gasteiger partial charge is 0.495 e. The summed E-state index contributed by atoms with van der Waals surface area (Å²) in [4.78, 5) is 28.8. The van der Waals surface area contributed by atoms with Crippen LogP contribution < -0.4 is 14.4 Å². The van der Waals surface area contributed by atoms with Crippen LogP contribution in [0.5, 0.6) is 5.75 Å². The minimum absolute atomic E-state index is 0.0373. The molecule has 3 rings (SSSR count). The maximum atomic E-state index is 14.1. The average Bonchev–Trinajstić information content (AvgIpc) is 2.90. The summed E-state index contributed by atoms with van der Waals surface area (Å²) in [7, 11) is -2.73. The van der Waals surface area contributed by atoms with E-state index < -0.39 is 34.1 Å². The lowest BCUT2D eigenvalue weighted by atomic mass is 10.1. The van der Waals surface area contributed by atoms with Crippen LogP contribution in [-0.2, 0) is 26.2 Å². The van der Waals surface area contributed by atoms with Crippen molar-refractivity contribution in [2.24, 2.45) is 0 Å². The minimum atomic E-state index is -4.18. The number of aryl methyl sites for hydroxylation is 2. The molecule has 0 unspecified atom stereocenters. The maximum Gasteiger partial charge on any atom is 0.264 e. The molecule has 1 atom stereocenters. The lowest BCUT2D eigenvalue weighted by Crippen LogP contribution is -2.54. The average molecular weight is 566 g/mol. The summed E-state index contributed by atoms with van der Waals surface area (Å²) in [5, 5.41) is 2.94. The van der Waals surface area contributed by atoms with Crippen molar-refractivity contribution in [3.05, 3.63) is 89.5 Å². The van der Waals surface area contributed by atoms with Gasteiger partial charge in [0.25, 0.3) is 10.0 Å². The zero-order chi connectivity index (χ0) is 29.7. The van der Waals surface area contributed by atoms with E-state index in [1.807, 2.05) is 58.9 Å². The number of sulfonamides is 1. The Labute approximate surface area is 238 Å². The van der Waals surface area contributed by atoms with Crippen LogP contribution in [0.4, 0.5) is 5.69 Å². The highest BCUT2D eigenvalue weighted by atomic mass is 32.2. The first kappa shape index (κ1) is 30.7. The van der Waals surface area contributed by atoms with Gasteiger partial charge in [0.15, 0.2) is 0 Å². The third kappa shape index (κ3) is 7.41. The predicted molar refractivity (Wildman–Crippen MR) is 158 cm³/mol. The normalized spacial score (nSPS) is 12.4. The van der Waals surface area contributed by atoms with Crippen LogP contribution in [0.25, 0.3) is 0 Å². The fourth-order valence-electron chi connectivity index (χ4n) is 4.26. The van der Waals surface area contributed by atoms with E-state index in [1.165, 1.54) is 24.1 Å². The smallest absolute Gasteiger partial charge is 0.264 e. The Morgan fingerprint density at radius 2 is 1.57 bits per heavy atom. The van der Waals surface area contributed by atoms with Crippen LogP contribution in [0.3, 0.4) is 0 Å². The maximum absolute atomic E-state index is 14.1. The Kier molecular flexibility index (Phi) is 9.63. The van der Waals surface area contributed by atoms with E-state index in [-0.39, 0.29) is 23.0 Å². The highest BCUT2D eigenvalue weighted by Gasteiger charge is 2.34. The standard InChI is InChI=1S/C31H39N3O5S/c1-22-17-18-28(39-7)27(19-22)34(40(37,38)26-15-9-8-10-16-26)21-29(35)33(20-25-14-12-11-13-23(25)2)24(3)30(36)32-31(4,5)6/h8-19,24H,20-21H2,1-7H3,(H,32,36)/t24-/m1/s1. The second-order valence-electron chi connectivity index (χ2n) is 10.9. The third-order valence-electron chi connectivity index (χ3n) is 6.48. The molecule has 40 heavy (non-hydrogen) atoms. The Morgan fingerprint density at radius 1 is 0.950 bits per heavy atom. The van der Waals surface area contributed by atoms with Crippen molar-refractivity contribution in [3.8, 4) is 5.75 Å². The van der Waals surface area contributed by atoms with Crippen LogP contribution in [0.1, 0.15) is 44.4 Å². The Hall–Kier alpha value is -3.85. The molecule has 0 spiro atoms. The third-order valence-corrected chi connectivity index (χ3v) is 8.25. The van der Waals surface area contributed by atoms with Gasteiger partial charge in [-0.25, -0.2) is 8.42 Å². The van der Waals surface area contributed by atoms with Crippen LogP contribution in [0, 0.1) is 13.8 Å². The lowest BCUT2D eigenvalue weighted by Gasteiger charge is -2.34. The molecule has 1 N–H and O–H groups in total. The van der Waals surface area contributed by atoms with E-state index in [4.69, 9.17) is 4.74 Å². The number of hydrogen-bond acceptors (Lipinski definition) is 5. The molecule has 0 bridgehead atoms. The molecule has 0 aliphatic heterocycles. The van der Waals surface area contributed by atoms with Gasteiger partial charge in [-0.2, -0.15) is 0 Å². The number of carbonyl (C=O) groups is 2. The number of nitrogens with one attached hydrogen (secondary N) is 1. The highest BCUT2D eigenvalue weighted by molar-refractivity contribution is 7.92. The van der Waals surface area contributed by atoms with Gasteiger partial charge in [-0.1, -0.05) is 48.5 Å². The molecule has 0 saturated heterocycles. The van der Waals surface area contributed by atoms with Crippen LogP contribution in [0.15, 0.2) is 77.7 Å². The number of hydrogen-bond donors (Lipinski definition) is 1. The number of amides is 2. The number of methoxy groups -OCH3 is 1. The summed E-state index contributed by atoms with van der Waals surface area (Å²) >= 11 is 0. The first-order valence-electron chi connectivity index (χ1n) is 13.1. The minimum Gasteiger partial charge on any atom is -0.495 e. The summed E-state index contributed by atoms with van der Waals surface area (Å²) < 4.78 is 34.6. The van der Waals surface area contributed by atoms with Gasteiger partial charge < -0.3 is 15.0 Å². The van der Waals surface area contributed by atoms with E-state index in [0.29, 0.717) is 5.75 Å². The van der Waals surface area contributed by atoms with Crippen molar-refractivity contribution < 1.29 is 22.7 Å². The first-order valence-corrected chi connectivity index (χ1v) is 14.6. The lowest BCUT2D eigenvalue weighted by molar-refractivity contribution is -0.140. The molecule has 2 amide bonds. The topological polar surface area (TPSA) is 96.0 Å². The van der Waals surface area contributed by atoms with Crippen molar-refractivity contribution in [2.45, 2.75) is 64.6 Å². The van der Waals surface area contributed by atoms with Crippen molar-refractivity contribution in [1.29, 1.82) is 0 Å². The van der Waals surface area contributed by atoms with Gasteiger partial charge in [0.05, 0.1) is 17.7 Å². The van der Waals surface area contributed by atoms with E-state index in [0.717, 1.165) is 21.0 Å². The summed E-state index contributed by atoms with van der Waals surface area (Å²) in [6.07, 6.45) is 0. The van der Waals surface area contributed by atoms with Gasteiger partial charge >= 0.3 is 0 Å². The number of ether oxygens (including phenoxy) is 1. The van der Waals surface area contributed by atoms with Gasteiger partial charge in [-0.05, 0) is 82.5 Å². The van der Waals surface area contributed by atoms with Crippen LogP contribution >= 0.6 is 0 Å². The number of nitrogens with zero attached hydrogens (tertiary/aromatic N) is 2. The summed E-state index contributed by atoms with van der Waals surface area (Å²) in [5.41, 5.74) is 2.34. The van der Waals surface area contributed by atoms with Crippen LogP contribution in [0.2, 0.25) is 0 Å². The predicted octanol–water partition coefficient (Wildman–Crippen LogP) is 4.84. The number of carbonyl (C=O) groups excluding carboxylic acids is 2. The monoisotopic (exact) mass is 565 g/mol. The van der Waals surface area contributed by atoms with E-state index in [1.54, 1.807) is 43.3 Å². The molecule has 9 heteroatoms. The second-order valence-corrected chi connectivity index (χ2v) is 12.7. The Balaban J connectivity index is 2.11. The van der Waals surface area contributed by atoms with E-state index in [9.17, 15) is 18.0 Å². The molecule has 214 valence electrons. The molecule has 0 fully saturated rings. The van der Waals surface area contributed by atoms with Gasteiger partial charge in [0.1, 0.15) is 18.3 Å². The molecule has 0 saturated carbocycles. The Morgan fingerprint density at radius 3 is 2.17 bits per heavy atom. The molecule has 8 nitrogen and oxygen atoms in total. The van der Waals surface area contributed by atoms with Gasteiger partial charge in [0.2, 0.25) is 11.8 Å². The second kappa shape index (κ2) is 12.6. The molecule has 3 aromatic carbocycles. The van der Waals surface area contributed by atoms with Gasteiger partial charge in [0, 0.05) is 12.1 Å². The molecular weight excluding hydrogens is 526 g/mol. The van der Waals surface area contributed by atoms with E-state index in [2.05, 4.69) is 5.32 Å². The molecule has 0 heterocycles. The quantitative estimate of drug-likeness (QED) is 0.380. The van der Waals surface area contributed by atoms with Crippen molar-refractivity contribution >= 4 is 27.5 Å². The molecule has 0 radical (unpaired) electrons. The molecule has 3 aromatic rings. The summed E-state index contributed by atoms with van der Waals surface area (Å²) in [5.74, 6) is -0.551. The van der Waals surface area contributed by atoms with Crippen molar-refractivity contribution in [2.75, 3.05) is 18.0 Å². The highest BCUT2D eigenvalue weighted by Crippen LogP contribution is 2.33. The van der Waals surface area contributed by atoms with Crippen molar-refractivity contribution in [3.63, 3.8) is 0 Å². The number of rotatable bonds is 10. The fraction of sp³-hybridized carbons (Fsp3) is 0.355. The number of benzene rings is 3. The summed E-state index contributed by atoms with van der Waals surface area (Å²) in [6, 6.07) is 19.8. The summed E-state index contributed by atoms with van der Waals surface area (Å²) in [6.45, 7) is 10.6. The number of anilines is 1. The zero-order valence-electron chi connectivity index (χ0n) is 24.3. The molecule has 0 aliphatic carbocycles. The van der Waals surface area contributed by atoms with Gasteiger partial charge in [-0.15, -0.1) is 0 Å². The fourth-order valence-corrected chi connectivity index (χ4v) is 5.69. The van der Waals surface area contributed by atoms with Gasteiger partial charge in [-0.3, -0.25) is 13.9 Å². The van der Waals surface area contributed by atoms with Crippen LogP contribution in [-0.4, -0.2) is 50.4 Å². The molecular formula is C31H39N3O5S. The SMILES string of the molecule is COc1ccc(C)cc1N(CC(=O)N(Cc1ccccc1C)[C@H](C)C(=O)NC(C)(C)C)S(=O)(=O)c1ccccc1. The molecule has 0 aromatic heterocycles.